The zero-order valence-corrected chi connectivity index (χ0v) is 11.1. The summed E-state index contributed by atoms with van der Waals surface area (Å²) in [6.07, 6.45) is -4.84. The molecule has 1 aliphatic heterocycles. The minimum Gasteiger partial charge on any atom is -0.332 e. The van der Waals surface area contributed by atoms with Gasteiger partial charge < -0.3 is 16.0 Å². The Morgan fingerprint density at radius 1 is 1.43 bits per heavy atom. The number of hydrogen-bond acceptors (Lipinski definition) is 3. The Balaban J connectivity index is 2.35. The predicted octanol–water partition coefficient (Wildman–Crippen LogP) is 1.22. The van der Waals surface area contributed by atoms with Crippen LogP contribution >= 0.6 is 0 Å². The normalized spacial score (nSPS) is 19.7. The lowest BCUT2D eigenvalue weighted by Gasteiger charge is -2.35. The maximum Gasteiger partial charge on any atom is 0.419 e. The minimum absolute atomic E-state index is 0.152. The van der Waals surface area contributed by atoms with Crippen LogP contribution in [-0.4, -0.2) is 43.0 Å². The molecule has 2 rings (SSSR count). The van der Waals surface area contributed by atoms with Crippen molar-refractivity contribution in [2.75, 3.05) is 26.2 Å². The van der Waals surface area contributed by atoms with Crippen LogP contribution in [0, 0.1) is 5.82 Å². The fourth-order valence-electron chi connectivity index (χ4n) is 2.31. The Kier molecular flexibility index (Phi) is 4.48. The van der Waals surface area contributed by atoms with Crippen molar-refractivity contribution in [1.82, 2.24) is 10.2 Å². The number of benzene rings is 1. The van der Waals surface area contributed by atoms with Crippen molar-refractivity contribution in [3.63, 3.8) is 0 Å². The van der Waals surface area contributed by atoms with E-state index in [0.717, 1.165) is 12.1 Å². The molecule has 0 radical (unpaired) electrons. The zero-order chi connectivity index (χ0) is 15.6. The summed E-state index contributed by atoms with van der Waals surface area (Å²) in [6, 6.07) is 2.34. The van der Waals surface area contributed by atoms with Gasteiger partial charge in [0.15, 0.2) is 0 Å². The van der Waals surface area contributed by atoms with Crippen LogP contribution < -0.4 is 11.1 Å². The first-order chi connectivity index (χ1) is 9.86. The lowest BCUT2D eigenvalue weighted by atomic mass is 10.1. The summed E-state index contributed by atoms with van der Waals surface area (Å²) in [5.74, 6) is -2.31. The summed E-state index contributed by atoms with van der Waals surface area (Å²) in [5.41, 5.74) is 3.52. The molecule has 1 aromatic carbocycles. The van der Waals surface area contributed by atoms with Crippen molar-refractivity contribution in [3.05, 3.63) is 35.1 Å². The van der Waals surface area contributed by atoms with E-state index in [0.29, 0.717) is 19.2 Å². The Bertz CT molecular complexity index is 533. The molecule has 0 saturated carbocycles. The van der Waals surface area contributed by atoms with Crippen LogP contribution in [0.4, 0.5) is 17.6 Å². The first kappa shape index (κ1) is 15.7. The topological polar surface area (TPSA) is 58.4 Å². The van der Waals surface area contributed by atoms with Crippen LogP contribution in [-0.2, 0) is 6.18 Å². The number of carbonyl (C=O) groups is 1. The number of rotatable bonds is 2. The van der Waals surface area contributed by atoms with Crippen molar-refractivity contribution in [3.8, 4) is 0 Å². The zero-order valence-electron chi connectivity index (χ0n) is 11.1. The summed E-state index contributed by atoms with van der Waals surface area (Å²) in [7, 11) is 0. The molecular weight excluding hydrogens is 290 g/mol. The van der Waals surface area contributed by atoms with Gasteiger partial charge in [-0.2, -0.15) is 13.2 Å². The van der Waals surface area contributed by atoms with Gasteiger partial charge in [0.05, 0.1) is 17.2 Å². The molecule has 1 aromatic rings. The van der Waals surface area contributed by atoms with Gasteiger partial charge in [-0.05, 0) is 12.1 Å². The maximum absolute atomic E-state index is 14.0. The SMILES string of the molecule is NCC1CNCCN1C(=O)c1cccc(C(F)(F)F)c1F. The van der Waals surface area contributed by atoms with Crippen molar-refractivity contribution in [1.29, 1.82) is 0 Å². The molecule has 1 fully saturated rings. The maximum atomic E-state index is 14.0. The van der Waals surface area contributed by atoms with Crippen molar-refractivity contribution in [2.45, 2.75) is 12.2 Å². The molecule has 21 heavy (non-hydrogen) atoms. The highest BCUT2D eigenvalue weighted by Gasteiger charge is 2.37. The Morgan fingerprint density at radius 2 is 2.14 bits per heavy atom. The lowest BCUT2D eigenvalue weighted by Crippen LogP contribution is -2.56. The van der Waals surface area contributed by atoms with Gasteiger partial charge in [0.2, 0.25) is 0 Å². The standard InChI is InChI=1S/C13H15F4N3O/c14-11-9(2-1-3-10(11)13(15,16)17)12(21)20-5-4-19-7-8(20)6-18/h1-3,8,19H,4-7,18H2. The molecule has 1 heterocycles. The van der Waals surface area contributed by atoms with Crippen LogP contribution in [0.15, 0.2) is 18.2 Å². The van der Waals surface area contributed by atoms with Crippen molar-refractivity contribution in [2.24, 2.45) is 5.73 Å². The molecule has 1 atom stereocenters. The van der Waals surface area contributed by atoms with E-state index >= 15 is 0 Å². The average Bonchev–Trinajstić information content (AvgIpc) is 2.45. The van der Waals surface area contributed by atoms with Gasteiger partial charge in [-0.25, -0.2) is 4.39 Å². The van der Waals surface area contributed by atoms with Gasteiger partial charge in [-0.3, -0.25) is 4.79 Å². The van der Waals surface area contributed by atoms with E-state index in [2.05, 4.69) is 5.32 Å². The number of hydrogen-bond donors (Lipinski definition) is 2. The van der Waals surface area contributed by atoms with Gasteiger partial charge in [-0.15, -0.1) is 0 Å². The molecule has 8 heteroatoms. The first-order valence-electron chi connectivity index (χ1n) is 6.43. The third-order valence-corrected chi connectivity index (χ3v) is 3.42. The quantitative estimate of drug-likeness (QED) is 0.808. The lowest BCUT2D eigenvalue weighted by molar-refractivity contribution is -0.140. The van der Waals surface area contributed by atoms with E-state index < -0.39 is 29.0 Å². The molecule has 1 amide bonds. The minimum atomic E-state index is -4.84. The predicted molar refractivity (Wildman–Crippen MR) is 68.2 cm³/mol. The van der Waals surface area contributed by atoms with Gasteiger partial charge in [-0.1, -0.05) is 6.07 Å². The molecule has 0 aliphatic carbocycles. The third kappa shape index (κ3) is 3.16. The van der Waals surface area contributed by atoms with E-state index in [1.807, 2.05) is 0 Å². The number of nitrogens with one attached hydrogen (secondary N) is 1. The number of alkyl halides is 3. The molecule has 1 saturated heterocycles. The monoisotopic (exact) mass is 305 g/mol. The molecule has 4 nitrogen and oxygen atoms in total. The molecule has 3 N–H and O–H groups in total. The highest BCUT2D eigenvalue weighted by atomic mass is 19.4. The molecular formula is C13H15F4N3O. The number of carbonyl (C=O) groups excluding carboxylic acids is 1. The number of nitrogens with two attached hydrogens (primary N) is 1. The molecule has 0 aromatic heterocycles. The van der Waals surface area contributed by atoms with Crippen LogP contribution in [0.2, 0.25) is 0 Å². The highest BCUT2D eigenvalue weighted by Crippen LogP contribution is 2.32. The van der Waals surface area contributed by atoms with Gasteiger partial charge in [0.25, 0.3) is 5.91 Å². The summed E-state index contributed by atoms with van der Waals surface area (Å²) in [5, 5.41) is 3.02. The summed E-state index contributed by atoms with van der Waals surface area (Å²) in [6.45, 7) is 1.35. The van der Waals surface area contributed by atoms with Gasteiger partial charge in [0, 0.05) is 26.2 Å². The number of piperazine rings is 1. The van der Waals surface area contributed by atoms with Crippen LogP contribution in [0.1, 0.15) is 15.9 Å². The second-order valence-corrected chi connectivity index (χ2v) is 4.76. The number of amides is 1. The van der Waals surface area contributed by atoms with Gasteiger partial charge >= 0.3 is 6.18 Å². The van der Waals surface area contributed by atoms with E-state index in [-0.39, 0.29) is 19.1 Å². The van der Waals surface area contributed by atoms with E-state index in [1.165, 1.54) is 4.90 Å². The molecule has 1 unspecified atom stereocenters. The fourth-order valence-corrected chi connectivity index (χ4v) is 2.31. The Morgan fingerprint density at radius 3 is 2.76 bits per heavy atom. The third-order valence-electron chi connectivity index (χ3n) is 3.42. The highest BCUT2D eigenvalue weighted by molar-refractivity contribution is 5.95. The number of nitrogens with zero attached hydrogens (tertiary/aromatic N) is 1. The van der Waals surface area contributed by atoms with E-state index in [4.69, 9.17) is 5.73 Å². The summed E-state index contributed by atoms with van der Waals surface area (Å²) < 4.78 is 52.0. The Hall–Kier alpha value is -1.67. The smallest absolute Gasteiger partial charge is 0.332 e. The van der Waals surface area contributed by atoms with Crippen LogP contribution in [0.5, 0.6) is 0 Å². The first-order valence-corrected chi connectivity index (χ1v) is 6.43. The molecule has 0 spiro atoms. The van der Waals surface area contributed by atoms with Crippen molar-refractivity contribution < 1.29 is 22.4 Å². The fraction of sp³-hybridized carbons (Fsp3) is 0.462. The van der Waals surface area contributed by atoms with Crippen LogP contribution in [0.3, 0.4) is 0 Å². The second-order valence-electron chi connectivity index (χ2n) is 4.76. The van der Waals surface area contributed by atoms with Gasteiger partial charge in [0.1, 0.15) is 5.82 Å². The molecule has 116 valence electrons. The summed E-state index contributed by atoms with van der Waals surface area (Å²) >= 11 is 0. The molecule has 1 aliphatic rings. The largest absolute Gasteiger partial charge is 0.419 e. The van der Waals surface area contributed by atoms with Crippen molar-refractivity contribution >= 4 is 5.91 Å². The summed E-state index contributed by atoms with van der Waals surface area (Å²) in [4.78, 5) is 13.6. The van der Waals surface area contributed by atoms with E-state index in [9.17, 15) is 22.4 Å². The second kappa shape index (κ2) is 5.98. The van der Waals surface area contributed by atoms with E-state index in [1.54, 1.807) is 0 Å². The molecule has 0 bridgehead atoms. The number of halogens is 4. The average molecular weight is 305 g/mol. The van der Waals surface area contributed by atoms with Crippen LogP contribution in [0.25, 0.3) is 0 Å². The Labute approximate surface area is 118 Å².